The molecule has 18 heteroatoms. The minimum atomic E-state index is -4.83. The summed E-state index contributed by atoms with van der Waals surface area (Å²) in [5.74, 6) is -1.03. The van der Waals surface area contributed by atoms with Crippen molar-refractivity contribution in [3.8, 4) is 17.5 Å². The highest BCUT2D eigenvalue weighted by Crippen LogP contribution is 2.54. The van der Waals surface area contributed by atoms with Crippen LogP contribution in [0, 0.1) is 34.9 Å². The highest BCUT2D eigenvalue weighted by Gasteiger charge is 2.54. The van der Waals surface area contributed by atoms with E-state index in [1.165, 1.54) is 41.1 Å². The van der Waals surface area contributed by atoms with Gasteiger partial charge in [-0.3, -0.25) is 13.9 Å². The van der Waals surface area contributed by atoms with Crippen molar-refractivity contribution in [3.63, 3.8) is 0 Å². The van der Waals surface area contributed by atoms with Crippen LogP contribution in [0.5, 0.6) is 5.75 Å². The Balaban J connectivity index is 0.944. The molecule has 2 aromatic carbocycles. The molecule has 3 aliphatic rings. The zero-order valence-electron chi connectivity index (χ0n) is 36.7. The van der Waals surface area contributed by atoms with Gasteiger partial charge in [0, 0.05) is 60.7 Å². The predicted molar refractivity (Wildman–Crippen MR) is 237 cm³/mol. The second-order valence-corrected chi connectivity index (χ2v) is 18.9. The number of aryl methyl sites for hydroxylation is 1. The van der Waals surface area contributed by atoms with E-state index in [2.05, 4.69) is 50.7 Å². The van der Waals surface area contributed by atoms with Crippen LogP contribution in [0.15, 0.2) is 83.9 Å². The second-order valence-electron chi connectivity index (χ2n) is 18.9. The highest BCUT2D eigenvalue weighted by atomic mass is 19.4. The van der Waals surface area contributed by atoms with Gasteiger partial charge in [-0.15, -0.1) is 13.2 Å². The van der Waals surface area contributed by atoms with Crippen LogP contribution in [0.1, 0.15) is 78.2 Å². The Hall–Kier alpha value is -7.13. The van der Waals surface area contributed by atoms with E-state index in [1.54, 1.807) is 46.9 Å². The minimum Gasteiger partial charge on any atom is -0.406 e. The van der Waals surface area contributed by atoms with E-state index < -0.39 is 12.2 Å². The Morgan fingerprint density at radius 2 is 1.77 bits per heavy atom. The number of nitrogens with one attached hydrogen (secondary N) is 1. The number of ether oxygens (including phenoxy) is 1. The van der Waals surface area contributed by atoms with E-state index in [0.717, 1.165) is 49.1 Å². The number of hydrogen-bond acceptors (Lipinski definition) is 10. The zero-order chi connectivity index (χ0) is 46.3. The molecule has 5 aromatic heterocycles. The summed E-state index contributed by atoms with van der Waals surface area (Å²) in [5.41, 5.74) is 5.45. The number of hydrogen-bond donors (Lipinski definition) is 1. The van der Waals surface area contributed by atoms with Crippen LogP contribution in [0.2, 0.25) is 0 Å². The maximum Gasteiger partial charge on any atom is 0.573 e. The van der Waals surface area contributed by atoms with E-state index in [4.69, 9.17) is 4.98 Å². The summed E-state index contributed by atoms with van der Waals surface area (Å²) >= 11 is 0. The van der Waals surface area contributed by atoms with Gasteiger partial charge in [-0.2, -0.15) is 10.2 Å². The third-order valence-electron chi connectivity index (χ3n) is 12.8. The summed E-state index contributed by atoms with van der Waals surface area (Å²) in [6.07, 6.45) is 0.480. The first-order chi connectivity index (χ1) is 31.4. The quantitative estimate of drug-likeness (QED) is 0.140. The average Bonchev–Trinajstić information content (AvgIpc) is 3.72. The highest BCUT2D eigenvalue weighted by molar-refractivity contribution is 5.93. The number of alkyl halides is 3. The van der Waals surface area contributed by atoms with Crippen LogP contribution >= 0.6 is 0 Å². The summed E-state index contributed by atoms with van der Waals surface area (Å²) in [5, 5.41) is 13.3. The number of anilines is 2. The lowest BCUT2D eigenvalue weighted by atomic mass is 9.60. The Morgan fingerprint density at radius 3 is 2.45 bits per heavy atom. The molecule has 1 saturated carbocycles. The maximum atomic E-state index is 15.2. The normalized spacial score (nSPS) is 16.3. The number of likely N-dealkylation sites (tertiary alicyclic amines) is 1. The maximum absolute atomic E-state index is 15.2. The van der Waals surface area contributed by atoms with E-state index >= 15 is 4.39 Å². The number of carbonyl (C=O) groups excluding carboxylic acids is 1. The lowest BCUT2D eigenvalue weighted by molar-refractivity contribution is -0.274. The molecule has 0 atom stereocenters. The van der Waals surface area contributed by atoms with Gasteiger partial charge < -0.3 is 24.4 Å². The molecule has 7 heterocycles. The topological polar surface area (TPSA) is 152 Å². The minimum absolute atomic E-state index is 0.108. The molecule has 14 nitrogen and oxygen atoms in total. The molecule has 1 amide bonds. The molecule has 338 valence electrons. The van der Waals surface area contributed by atoms with E-state index in [0.29, 0.717) is 52.4 Å². The van der Waals surface area contributed by atoms with Gasteiger partial charge >= 0.3 is 12.1 Å². The number of carbonyl (C=O) groups is 1. The van der Waals surface area contributed by atoms with Crippen LogP contribution < -0.4 is 15.7 Å². The lowest BCUT2D eigenvalue weighted by Gasteiger charge is -2.60. The monoisotopic (exact) mass is 899 g/mol. The molecular weight excluding hydrogens is 855 g/mol. The van der Waals surface area contributed by atoms with E-state index in [-0.39, 0.29) is 64.5 Å². The Labute approximate surface area is 376 Å². The van der Waals surface area contributed by atoms with Gasteiger partial charge in [0.15, 0.2) is 5.65 Å². The molecule has 1 saturated heterocycles. The molecule has 1 aliphatic carbocycles. The molecule has 7 aromatic rings. The molecule has 10 rings (SSSR count). The fourth-order valence-corrected chi connectivity index (χ4v) is 10.2. The molecular formula is C48H45F4N11O3. The Bertz CT molecular complexity index is 3150. The number of aromatic nitrogens is 7. The number of imidazole rings is 1. The van der Waals surface area contributed by atoms with Gasteiger partial charge in [0.25, 0.3) is 5.91 Å². The number of pyridine rings is 2. The second kappa shape index (κ2) is 15.8. The zero-order valence-corrected chi connectivity index (χ0v) is 36.7. The molecule has 0 bridgehead atoms. The number of benzene rings is 2. The summed E-state index contributed by atoms with van der Waals surface area (Å²) in [6, 6.07) is 18.5. The van der Waals surface area contributed by atoms with Gasteiger partial charge in [0.2, 0.25) is 5.95 Å². The number of fused-ring (bicyclic) bond motifs is 4. The SMILES string of the molecule is Cc1nc(Nc2ccc(OC(F)(F)F)cc2)nc2c1n(-c1ccc(C(=O)N3CCc4c(n(Cc5ccc(C#N)cc5F)c5ncccc45)C3)nc1)c(=O)n2C1CC2(C1)CN(CC(C)(C)C)C2. The fourth-order valence-electron chi connectivity index (χ4n) is 10.2. The van der Waals surface area contributed by atoms with Gasteiger partial charge in [0.05, 0.1) is 42.3 Å². The van der Waals surface area contributed by atoms with Crippen molar-refractivity contribution in [2.75, 3.05) is 31.5 Å². The van der Waals surface area contributed by atoms with Crippen LogP contribution in [-0.2, 0) is 19.5 Å². The van der Waals surface area contributed by atoms with Crippen molar-refractivity contribution < 1.29 is 27.1 Å². The fraction of sp³-hybridized carbons (Fsp3) is 0.354. The summed E-state index contributed by atoms with van der Waals surface area (Å²) < 4.78 is 62.8. The first kappa shape index (κ1) is 42.8. The molecule has 1 N–H and O–H groups in total. The largest absolute Gasteiger partial charge is 0.573 e. The summed E-state index contributed by atoms with van der Waals surface area (Å²) in [7, 11) is 0. The number of nitriles is 1. The standard InChI is InChI=1S/C48H45F4N11O3/c1-28-40-42(58-44(56-28)57-31-9-12-34(13-10-31)66-48(50,51)52)63(33-19-47(20-33)26-59(27-47)25-46(2,3)4)45(65)62(40)32-11-14-38(55-22-32)43(64)60-17-15-35-36-6-5-16-54-41(36)61(39(35)24-60)23-30-8-7-29(21-53)18-37(30)49/h5-14,16,18,22,33H,15,17,19-20,23-27H2,1-4H3,(H,56,57,58). The van der Waals surface area contributed by atoms with Crippen LogP contribution in [0.4, 0.5) is 29.2 Å². The van der Waals surface area contributed by atoms with Crippen molar-refractivity contribution in [1.82, 2.24) is 43.4 Å². The van der Waals surface area contributed by atoms with Crippen molar-refractivity contribution in [2.24, 2.45) is 10.8 Å². The van der Waals surface area contributed by atoms with Crippen molar-refractivity contribution in [3.05, 3.63) is 129 Å². The third kappa shape index (κ3) is 7.90. The molecule has 1 spiro atoms. The number of halogens is 4. The number of rotatable bonds is 9. The molecule has 2 aliphatic heterocycles. The van der Waals surface area contributed by atoms with E-state index in [9.17, 15) is 28.0 Å². The Morgan fingerprint density at radius 1 is 1.00 bits per heavy atom. The lowest BCUT2D eigenvalue weighted by Crippen LogP contribution is -2.63. The predicted octanol–water partition coefficient (Wildman–Crippen LogP) is 8.22. The number of amides is 1. The van der Waals surface area contributed by atoms with Crippen molar-refractivity contribution in [2.45, 2.75) is 72.5 Å². The first-order valence-electron chi connectivity index (χ1n) is 21.7. The summed E-state index contributed by atoms with van der Waals surface area (Å²) in [6.45, 7) is 12.1. The Kier molecular flexibility index (Phi) is 10.2. The van der Waals surface area contributed by atoms with Gasteiger partial charge in [-0.05, 0) is 103 Å². The van der Waals surface area contributed by atoms with Crippen molar-refractivity contribution >= 4 is 39.7 Å². The summed E-state index contributed by atoms with van der Waals surface area (Å²) in [4.78, 5) is 51.8. The first-order valence-corrected chi connectivity index (χ1v) is 21.7. The molecule has 0 radical (unpaired) electrons. The van der Waals surface area contributed by atoms with Crippen LogP contribution in [-0.4, -0.2) is 81.9 Å². The number of nitrogens with zero attached hydrogens (tertiary/aromatic N) is 10. The van der Waals surface area contributed by atoms with Gasteiger partial charge in [-0.25, -0.2) is 24.1 Å². The van der Waals surface area contributed by atoms with Crippen LogP contribution in [0.3, 0.4) is 0 Å². The van der Waals surface area contributed by atoms with Crippen LogP contribution in [0.25, 0.3) is 27.9 Å². The van der Waals surface area contributed by atoms with Gasteiger partial charge in [0.1, 0.15) is 28.4 Å². The molecule has 66 heavy (non-hydrogen) atoms. The molecule has 2 fully saturated rings. The third-order valence-corrected chi connectivity index (χ3v) is 12.8. The van der Waals surface area contributed by atoms with E-state index in [1.807, 2.05) is 22.8 Å². The average molecular weight is 900 g/mol. The molecule has 0 unspecified atom stereocenters. The van der Waals surface area contributed by atoms with Gasteiger partial charge in [-0.1, -0.05) is 26.8 Å². The smallest absolute Gasteiger partial charge is 0.406 e. The van der Waals surface area contributed by atoms with Crippen molar-refractivity contribution in [1.29, 1.82) is 5.26 Å².